The van der Waals surface area contributed by atoms with Crippen molar-refractivity contribution in [1.29, 1.82) is 0 Å². The summed E-state index contributed by atoms with van der Waals surface area (Å²) in [5, 5.41) is 2.93. The molecule has 1 aromatic rings. The average molecular weight is 238 g/mol. The van der Waals surface area contributed by atoms with Crippen molar-refractivity contribution < 1.29 is 9.21 Å². The van der Waals surface area contributed by atoms with Crippen molar-refractivity contribution in [2.24, 2.45) is 17.6 Å². The highest BCUT2D eigenvalue weighted by Gasteiger charge is 2.22. The van der Waals surface area contributed by atoms with Gasteiger partial charge in [-0.05, 0) is 31.9 Å². The van der Waals surface area contributed by atoms with Crippen LogP contribution in [0, 0.1) is 18.8 Å². The Morgan fingerprint density at radius 1 is 1.41 bits per heavy atom. The maximum Gasteiger partial charge on any atom is 0.225 e. The van der Waals surface area contributed by atoms with Crippen LogP contribution in [0.5, 0.6) is 0 Å². The Morgan fingerprint density at radius 2 is 2.06 bits per heavy atom. The van der Waals surface area contributed by atoms with Crippen molar-refractivity contribution >= 4 is 5.91 Å². The van der Waals surface area contributed by atoms with E-state index in [-0.39, 0.29) is 23.8 Å². The van der Waals surface area contributed by atoms with E-state index in [0.29, 0.717) is 6.54 Å². The molecule has 0 aliphatic rings. The van der Waals surface area contributed by atoms with Gasteiger partial charge in [-0.15, -0.1) is 0 Å². The van der Waals surface area contributed by atoms with Crippen molar-refractivity contribution in [3.05, 3.63) is 23.7 Å². The molecule has 1 aromatic heterocycles. The maximum atomic E-state index is 12.0. The van der Waals surface area contributed by atoms with E-state index < -0.39 is 0 Å². The molecule has 0 saturated carbocycles. The van der Waals surface area contributed by atoms with E-state index in [1.165, 1.54) is 0 Å². The molecule has 4 heteroatoms. The van der Waals surface area contributed by atoms with Gasteiger partial charge < -0.3 is 15.5 Å². The number of nitrogens with one attached hydrogen (secondary N) is 1. The highest BCUT2D eigenvalue weighted by atomic mass is 16.3. The van der Waals surface area contributed by atoms with Crippen LogP contribution >= 0.6 is 0 Å². The first kappa shape index (κ1) is 13.8. The fourth-order valence-corrected chi connectivity index (χ4v) is 1.76. The molecule has 0 radical (unpaired) electrons. The molecule has 0 saturated heterocycles. The molecule has 0 aliphatic heterocycles. The predicted molar refractivity (Wildman–Crippen MR) is 67.4 cm³/mol. The molecular formula is C13H22N2O2. The zero-order valence-corrected chi connectivity index (χ0v) is 11.0. The van der Waals surface area contributed by atoms with Gasteiger partial charge in [0.15, 0.2) is 0 Å². The second-order valence-electron chi connectivity index (χ2n) is 4.76. The van der Waals surface area contributed by atoms with Crippen LogP contribution in [0.3, 0.4) is 0 Å². The van der Waals surface area contributed by atoms with Gasteiger partial charge in [-0.1, -0.05) is 13.8 Å². The Hall–Kier alpha value is -1.29. The zero-order valence-electron chi connectivity index (χ0n) is 11.0. The summed E-state index contributed by atoms with van der Waals surface area (Å²) in [5.74, 6) is 1.71. The monoisotopic (exact) mass is 238 g/mol. The number of nitrogens with two attached hydrogens (primary N) is 1. The second-order valence-corrected chi connectivity index (χ2v) is 4.76. The van der Waals surface area contributed by atoms with Gasteiger partial charge in [-0.25, -0.2) is 0 Å². The van der Waals surface area contributed by atoms with Crippen LogP contribution in [0.1, 0.15) is 38.3 Å². The number of aryl methyl sites for hydroxylation is 1. The summed E-state index contributed by atoms with van der Waals surface area (Å²) < 4.78 is 5.47. The molecule has 17 heavy (non-hydrogen) atoms. The minimum atomic E-state index is -0.145. The summed E-state index contributed by atoms with van der Waals surface area (Å²) in [5.41, 5.74) is 5.61. The van der Waals surface area contributed by atoms with Gasteiger partial charge in [0.25, 0.3) is 0 Å². The van der Waals surface area contributed by atoms with E-state index in [4.69, 9.17) is 10.2 Å². The normalized spacial score (nSPS) is 14.7. The second kappa shape index (κ2) is 5.87. The fourth-order valence-electron chi connectivity index (χ4n) is 1.76. The number of hydrogen-bond acceptors (Lipinski definition) is 3. The van der Waals surface area contributed by atoms with E-state index in [2.05, 4.69) is 5.32 Å². The van der Waals surface area contributed by atoms with Crippen LogP contribution in [0.2, 0.25) is 0 Å². The fraction of sp³-hybridized carbons (Fsp3) is 0.615. The lowest BCUT2D eigenvalue weighted by Gasteiger charge is -2.20. The first-order valence-electron chi connectivity index (χ1n) is 6.02. The van der Waals surface area contributed by atoms with Crippen LogP contribution < -0.4 is 11.1 Å². The SMILES string of the molecule is Cc1ccc(C(C)NC(=O)C(CN)C(C)C)o1. The van der Waals surface area contributed by atoms with Gasteiger partial charge in [-0.3, -0.25) is 4.79 Å². The number of rotatable bonds is 5. The van der Waals surface area contributed by atoms with Gasteiger partial charge in [0, 0.05) is 6.54 Å². The third-order valence-corrected chi connectivity index (χ3v) is 2.94. The van der Waals surface area contributed by atoms with Crippen molar-refractivity contribution in [1.82, 2.24) is 5.32 Å². The van der Waals surface area contributed by atoms with Crippen LogP contribution in [0.15, 0.2) is 16.5 Å². The van der Waals surface area contributed by atoms with Gasteiger partial charge in [0.05, 0.1) is 12.0 Å². The van der Waals surface area contributed by atoms with Gasteiger partial charge in [0.2, 0.25) is 5.91 Å². The van der Waals surface area contributed by atoms with Crippen LogP contribution in [0.4, 0.5) is 0 Å². The van der Waals surface area contributed by atoms with Crippen molar-refractivity contribution in [3.8, 4) is 0 Å². The summed E-state index contributed by atoms with van der Waals surface area (Å²) in [6.45, 7) is 8.16. The summed E-state index contributed by atoms with van der Waals surface area (Å²) in [7, 11) is 0. The Labute approximate surface area is 103 Å². The van der Waals surface area contributed by atoms with E-state index >= 15 is 0 Å². The number of carbonyl (C=O) groups excluding carboxylic acids is 1. The lowest BCUT2D eigenvalue weighted by molar-refractivity contribution is -0.126. The molecule has 0 spiro atoms. The lowest BCUT2D eigenvalue weighted by Crippen LogP contribution is -2.39. The molecule has 2 atom stereocenters. The zero-order chi connectivity index (χ0) is 13.0. The molecule has 4 nitrogen and oxygen atoms in total. The Morgan fingerprint density at radius 3 is 2.47 bits per heavy atom. The molecule has 1 heterocycles. The number of carbonyl (C=O) groups is 1. The number of furan rings is 1. The molecule has 96 valence electrons. The topological polar surface area (TPSA) is 68.3 Å². The third-order valence-electron chi connectivity index (χ3n) is 2.94. The molecule has 0 aromatic carbocycles. The minimum absolute atomic E-state index is 0.0101. The standard InChI is InChI=1S/C13H22N2O2/c1-8(2)11(7-14)13(16)15-10(4)12-6-5-9(3)17-12/h5-6,8,10-11H,7,14H2,1-4H3,(H,15,16). The minimum Gasteiger partial charge on any atom is -0.464 e. The molecular weight excluding hydrogens is 216 g/mol. The highest BCUT2D eigenvalue weighted by molar-refractivity contribution is 5.79. The highest BCUT2D eigenvalue weighted by Crippen LogP contribution is 2.17. The summed E-state index contributed by atoms with van der Waals surface area (Å²) in [6, 6.07) is 3.65. The van der Waals surface area contributed by atoms with Crippen LogP contribution in [-0.2, 0) is 4.79 Å². The van der Waals surface area contributed by atoms with E-state index in [1.54, 1.807) is 0 Å². The van der Waals surface area contributed by atoms with Crippen LogP contribution in [-0.4, -0.2) is 12.5 Å². The van der Waals surface area contributed by atoms with E-state index in [9.17, 15) is 4.79 Å². The van der Waals surface area contributed by atoms with E-state index in [0.717, 1.165) is 11.5 Å². The molecule has 0 aliphatic carbocycles. The quantitative estimate of drug-likeness (QED) is 0.824. The first-order valence-corrected chi connectivity index (χ1v) is 6.02. The largest absolute Gasteiger partial charge is 0.464 e. The summed E-state index contributed by atoms with van der Waals surface area (Å²) in [4.78, 5) is 12.0. The van der Waals surface area contributed by atoms with Crippen molar-refractivity contribution in [3.63, 3.8) is 0 Å². The number of hydrogen-bond donors (Lipinski definition) is 2. The number of amides is 1. The van der Waals surface area contributed by atoms with Gasteiger partial charge in [-0.2, -0.15) is 0 Å². The van der Waals surface area contributed by atoms with Gasteiger partial charge >= 0.3 is 0 Å². The smallest absolute Gasteiger partial charge is 0.225 e. The molecule has 0 fully saturated rings. The Kier molecular flexibility index (Phi) is 4.75. The van der Waals surface area contributed by atoms with Crippen molar-refractivity contribution in [2.75, 3.05) is 6.54 Å². The molecule has 1 amide bonds. The Balaban J connectivity index is 2.62. The summed E-state index contributed by atoms with van der Waals surface area (Å²) >= 11 is 0. The maximum absolute atomic E-state index is 12.0. The first-order chi connectivity index (χ1) is 7.95. The average Bonchev–Trinajstić information content (AvgIpc) is 2.65. The summed E-state index contributed by atoms with van der Waals surface area (Å²) in [6.07, 6.45) is 0. The molecule has 2 unspecified atom stereocenters. The molecule has 3 N–H and O–H groups in total. The molecule has 1 rings (SSSR count). The lowest BCUT2D eigenvalue weighted by atomic mass is 9.95. The van der Waals surface area contributed by atoms with Crippen LogP contribution in [0.25, 0.3) is 0 Å². The Bertz CT molecular complexity index is 371. The van der Waals surface area contributed by atoms with Gasteiger partial charge in [0.1, 0.15) is 11.5 Å². The van der Waals surface area contributed by atoms with E-state index in [1.807, 2.05) is 39.8 Å². The van der Waals surface area contributed by atoms with Crippen molar-refractivity contribution in [2.45, 2.75) is 33.7 Å². The third kappa shape index (κ3) is 3.60. The predicted octanol–water partition coefficient (Wildman–Crippen LogP) is 2.00. The molecule has 0 bridgehead atoms.